The second kappa shape index (κ2) is 12.8. The van der Waals surface area contributed by atoms with E-state index in [4.69, 9.17) is 9.47 Å². The zero-order valence-electron chi connectivity index (χ0n) is 27.0. The van der Waals surface area contributed by atoms with Gasteiger partial charge >= 0.3 is 10.8 Å². The summed E-state index contributed by atoms with van der Waals surface area (Å²) in [7, 11) is 0. The summed E-state index contributed by atoms with van der Waals surface area (Å²) in [5.41, 5.74) is 3.31. The maximum Gasteiger partial charge on any atom is 0.338 e. The maximum absolute atomic E-state index is 14.2. The van der Waals surface area contributed by atoms with Gasteiger partial charge in [0.25, 0.3) is 5.91 Å². The minimum atomic E-state index is -0.504. The molecular weight excluding hydrogens is 742 g/mol. The van der Waals surface area contributed by atoms with E-state index in [1.54, 1.807) is 43.0 Å². The molecule has 2 bridgehead atoms. The van der Waals surface area contributed by atoms with Gasteiger partial charge in [-0.3, -0.25) is 24.1 Å². The predicted molar refractivity (Wildman–Crippen MR) is 193 cm³/mol. The standard InChI is InChI=1S/C37H32BrN3O7S2/c1-3-47-36(45)18-7-10-21(11-8-18)41-34(43)29-23-15-24(30(29)35(41)44)31-28(23)27(32-33(49-31)40-37(46)50-32)22-14-19(38)9-12-25(22)48-16-26(42)39-20-6-4-5-17(2)13-20/h4-14,23-24,27-31H,3,15-16H2,1-2H3,(H,39,42)(H,40,46)/t23-,24-,27+,28-,29+,30+,31-/m1/s1. The third-order valence-corrected chi connectivity index (χ3v) is 13.4. The molecular formula is C37H32BrN3O7S2. The van der Waals surface area contributed by atoms with E-state index in [0.717, 1.165) is 43.3 Å². The lowest BCUT2D eigenvalue weighted by molar-refractivity contribution is -0.123. The molecule has 0 unspecified atom stereocenters. The number of thioether (sulfide) groups is 1. The van der Waals surface area contributed by atoms with Crippen LogP contribution in [-0.2, 0) is 19.1 Å². The van der Waals surface area contributed by atoms with E-state index in [1.165, 1.54) is 4.90 Å². The number of carbonyl (C=O) groups is 4. The number of aryl methyl sites for hydroxylation is 1. The minimum Gasteiger partial charge on any atom is -0.483 e. The highest BCUT2D eigenvalue weighted by Crippen LogP contribution is 2.69. The summed E-state index contributed by atoms with van der Waals surface area (Å²) in [6.45, 7) is 3.71. The van der Waals surface area contributed by atoms with Crippen LogP contribution in [0.1, 0.15) is 45.6 Å². The Morgan fingerprint density at radius 2 is 1.76 bits per heavy atom. The Morgan fingerprint density at radius 1 is 1.00 bits per heavy atom. The SMILES string of the molecule is CCOC(=O)c1ccc(N2C(=O)[C@H]3[C@H]4C[C@@H]([C@@H]3C2=O)[C@@H]2[C@H](c3cc(Br)ccc3OCC(=O)Nc3cccc(C)c3)c3sc(=O)[nH]c3S[C@H]42)cc1. The molecule has 2 aliphatic heterocycles. The number of imide groups is 1. The maximum atomic E-state index is 14.2. The number of nitrogens with zero attached hydrogens (tertiary/aromatic N) is 1. The molecule has 4 aromatic rings. The average molecular weight is 775 g/mol. The average Bonchev–Trinajstić information content (AvgIpc) is 3.83. The van der Waals surface area contributed by atoms with E-state index in [2.05, 4.69) is 26.2 Å². The summed E-state index contributed by atoms with van der Waals surface area (Å²) in [6.07, 6.45) is 0.726. The summed E-state index contributed by atoms with van der Waals surface area (Å²) in [5.74, 6) is -2.23. The first kappa shape index (κ1) is 33.0. The Balaban J connectivity index is 1.11. The fourth-order valence-corrected chi connectivity index (χ4v) is 11.8. The number of rotatable bonds is 8. The van der Waals surface area contributed by atoms with Crippen molar-refractivity contribution < 1.29 is 28.7 Å². The number of carbonyl (C=O) groups excluding carboxylic acids is 4. The lowest BCUT2D eigenvalue weighted by Crippen LogP contribution is -2.42. The molecule has 256 valence electrons. The third-order valence-electron chi connectivity index (χ3n) is 10.3. The molecule has 2 saturated carbocycles. The fraction of sp³-hybridized carbons (Fsp3) is 0.324. The molecule has 2 N–H and O–H groups in total. The second-order valence-corrected chi connectivity index (χ2v) is 16.2. The topological polar surface area (TPSA) is 135 Å². The van der Waals surface area contributed by atoms with Crippen LogP contribution in [0.15, 0.2) is 81.0 Å². The van der Waals surface area contributed by atoms with Gasteiger partial charge in [0.05, 0.1) is 34.7 Å². The molecule has 8 rings (SSSR count). The number of nitrogens with one attached hydrogen (secondary N) is 2. The van der Waals surface area contributed by atoms with Crippen LogP contribution < -0.4 is 19.8 Å². The number of H-pyrrole nitrogens is 1. The number of halogens is 1. The van der Waals surface area contributed by atoms with Gasteiger partial charge in [0.1, 0.15) is 5.75 Å². The lowest BCUT2D eigenvalue weighted by atomic mass is 9.68. The van der Waals surface area contributed by atoms with E-state index < -0.39 is 17.8 Å². The fourth-order valence-electron chi connectivity index (χ4n) is 8.54. The van der Waals surface area contributed by atoms with Gasteiger partial charge in [0.2, 0.25) is 11.8 Å². The van der Waals surface area contributed by atoms with Gasteiger partial charge in [-0.2, -0.15) is 0 Å². The van der Waals surface area contributed by atoms with E-state index in [9.17, 15) is 24.0 Å². The highest BCUT2D eigenvalue weighted by molar-refractivity contribution is 9.10. The summed E-state index contributed by atoms with van der Waals surface area (Å²) >= 11 is 6.40. The van der Waals surface area contributed by atoms with E-state index in [1.807, 2.05) is 49.4 Å². The third kappa shape index (κ3) is 5.50. The Morgan fingerprint density at radius 3 is 2.50 bits per heavy atom. The molecule has 1 aromatic heterocycles. The Kier molecular flexibility index (Phi) is 8.47. The van der Waals surface area contributed by atoms with Gasteiger partial charge < -0.3 is 19.8 Å². The van der Waals surface area contributed by atoms with E-state index >= 15 is 0 Å². The summed E-state index contributed by atoms with van der Waals surface area (Å²) in [4.78, 5) is 71.3. The molecule has 3 fully saturated rings. The highest BCUT2D eigenvalue weighted by atomic mass is 79.9. The molecule has 13 heteroatoms. The summed E-state index contributed by atoms with van der Waals surface area (Å²) in [6, 6.07) is 19.6. The van der Waals surface area contributed by atoms with Crippen molar-refractivity contribution in [1.29, 1.82) is 0 Å². The molecule has 2 aliphatic carbocycles. The largest absolute Gasteiger partial charge is 0.483 e. The molecule has 50 heavy (non-hydrogen) atoms. The number of hydrogen-bond donors (Lipinski definition) is 2. The van der Waals surface area contributed by atoms with Crippen molar-refractivity contribution in [3.63, 3.8) is 0 Å². The first-order valence-corrected chi connectivity index (χ1v) is 18.9. The molecule has 4 aliphatic rings. The van der Waals surface area contributed by atoms with Crippen LogP contribution in [0.3, 0.4) is 0 Å². The Bertz CT molecular complexity index is 2110. The van der Waals surface area contributed by atoms with Crippen LogP contribution in [0.2, 0.25) is 0 Å². The number of anilines is 2. The number of benzene rings is 3. The highest BCUT2D eigenvalue weighted by Gasteiger charge is 2.70. The number of thiazole rings is 1. The second-order valence-electron chi connectivity index (χ2n) is 13.1. The number of ether oxygens (including phenoxy) is 2. The zero-order chi connectivity index (χ0) is 34.8. The van der Waals surface area contributed by atoms with Crippen LogP contribution in [0.25, 0.3) is 0 Å². The van der Waals surface area contributed by atoms with Crippen LogP contribution >= 0.6 is 39.0 Å². The molecule has 0 spiro atoms. The molecule has 0 radical (unpaired) electrons. The Hall–Kier alpha value is -4.20. The number of aromatic amines is 1. The zero-order valence-corrected chi connectivity index (χ0v) is 30.2. The monoisotopic (exact) mass is 773 g/mol. The quantitative estimate of drug-likeness (QED) is 0.156. The Labute approximate surface area is 304 Å². The van der Waals surface area contributed by atoms with Crippen molar-refractivity contribution in [2.24, 2.45) is 29.6 Å². The van der Waals surface area contributed by atoms with Gasteiger partial charge in [0.15, 0.2) is 6.61 Å². The van der Waals surface area contributed by atoms with Gasteiger partial charge in [-0.25, -0.2) is 4.79 Å². The van der Waals surface area contributed by atoms with E-state index in [0.29, 0.717) is 22.7 Å². The van der Waals surface area contributed by atoms with Crippen molar-refractivity contribution >= 4 is 74.1 Å². The van der Waals surface area contributed by atoms with Crippen LogP contribution in [0.5, 0.6) is 5.75 Å². The number of hydrogen-bond acceptors (Lipinski definition) is 9. The summed E-state index contributed by atoms with van der Waals surface area (Å²) < 4.78 is 12.1. The first-order chi connectivity index (χ1) is 24.1. The smallest absolute Gasteiger partial charge is 0.338 e. The van der Waals surface area contributed by atoms with Crippen LogP contribution in [0.4, 0.5) is 11.4 Å². The van der Waals surface area contributed by atoms with Gasteiger partial charge in [-0.15, -0.1) is 11.8 Å². The van der Waals surface area contributed by atoms with Gasteiger partial charge in [0, 0.05) is 31.8 Å². The van der Waals surface area contributed by atoms with Crippen molar-refractivity contribution in [2.45, 2.75) is 36.5 Å². The lowest BCUT2D eigenvalue weighted by Gasteiger charge is -2.43. The van der Waals surface area contributed by atoms with Gasteiger partial charge in [-0.1, -0.05) is 39.4 Å². The molecule has 3 amide bonds. The summed E-state index contributed by atoms with van der Waals surface area (Å²) in [5, 5.41) is 3.64. The van der Waals surface area contributed by atoms with Crippen LogP contribution in [0, 0.1) is 36.5 Å². The number of fused-ring (bicyclic) bond motifs is 9. The van der Waals surface area contributed by atoms with Crippen molar-refractivity contribution in [1.82, 2.24) is 4.98 Å². The first-order valence-electron chi connectivity index (χ1n) is 16.5. The van der Waals surface area contributed by atoms with Crippen LogP contribution in [-0.4, -0.2) is 47.1 Å². The van der Waals surface area contributed by atoms with Crippen molar-refractivity contribution in [3.05, 3.63) is 102 Å². The minimum absolute atomic E-state index is 0.0247. The molecule has 3 heterocycles. The number of amides is 3. The van der Waals surface area contributed by atoms with Crippen molar-refractivity contribution in [3.8, 4) is 5.75 Å². The molecule has 10 nitrogen and oxygen atoms in total. The predicted octanol–water partition coefficient (Wildman–Crippen LogP) is 6.38. The molecule has 1 saturated heterocycles. The number of esters is 1. The molecule has 7 atom stereocenters. The molecule has 3 aromatic carbocycles. The van der Waals surface area contributed by atoms with Gasteiger partial charge in [-0.05, 0) is 98.2 Å². The van der Waals surface area contributed by atoms with Crippen molar-refractivity contribution in [2.75, 3.05) is 23.4 Å². The van der Waals surface area contributed by atoms with E-state index in [-0.39, 0.29) is 64.7 Å². The normalized spacial score (nSPS) is 26.0. The number of aromatic nitrogens is 1.